The van der Waals surface area contributed by atoms with E-state index in [1.54, 1.807) is 77.2 Å². The van der Waals surface area contributed by atoms with Gasteiger partial charge in [0.25, 0.3) is 0 Å². The minimum Gasteiger partial charge on any atom is -0.462 e. The fraction of sp³-hybridized carbons (Fsp3) is 0.500. The lowest BCUT2D eigenvalue weighted by Gasteiger charge is -2.31. The first kappa shape index (κ1) is 56.9. The van der Waals surface area contributed by atoms with Crippen molar-refractivity contribution in [3.05, 3.63) is 84.0 Å². The Hall–Kier alpha value is -6.02. The molecule has 2 aromatic carbocycles. The number of anilines is 2. The van der Waals surface area contributed by atoms with Crippen LogP contribution >= 0.6 is 15.0 Å². The van der Waals surface area contributed by atoms with E-state index in [0.29, 0.717) is 58.6 Å². The molecule has 6 N–H and O–H groups in total. The largest absolute Gasteiger partial charge is 0.462 e. The number of nitrogens with zero attached hydrogens (tertiary/aromatic N) is 8. The number of carbonyl (C=O) groups excluding carboxylic acids is 2. The zero-order valence-electron chi connectivity index (χ0n) is 43.6. The van der Waals surface area contributed by atoms with E-state index >= 15 is 0 Å². The smallest absolute Gasteiger partial charge is 0.342 e. The molecule has 0 saturated carbocycles. The van der Waals surface area contributed by atoms with Gasteiger partial charge in [0.15, 0.2) is 22.9 Å². The van der Waals surface area contributed by atoms with Crippen molar-refractivity contribution in [1.82, 2.24) is 49.2 Å². The summed E-state index contributed by atoms with van der Waals surface area (Å²) in [5, 5.41) is 5.81. The first-order chi connectivity index (χ1) is 33.6. The van der Waals surface area contributed by atoms with Gasteiger partial charge in [-0.05, 0) is 119 Å². The van der Waals surface area contributed by atoms with Gasteiger partial charge in [-0.2, -0.15) is 0 Å². The van der Waals surface area contributed by atoms with Gasteiger partial charge in [-0.15, -0.1) is 0 Å². The summed E-state index contributed by atoms with van der Waals surface area (Å²) in [5.74, 6) is 0.448. The van der Waals surface area contributed by atoms with E-state index < -0.39 is 50.3 Å². The van der Waals surface area contributed by atoms with Crippen molar-refractivity contribution in [3.63, 3.8) is 0 Å². The molecule has 4 heterocycles. The molecule has 392 valence electrons. The Kier molecular flexibility index (Phi) is 18.7. The van der Waals surface area contributed by atoms with Crippen LogP contribution in [0.25, 0.3) is 22.3 Å². The molecule has 22 nitrogen and oxygen atoms in total. The molecular weight excluding hydrogens is 967 g/mol. The third-order valence-corrected chi connectivity index (χ3v) is 14.5. The molecule has 0 bridgehead atoms. The molecule has 0 saturated heterocycles. The van der Waals surface area contributed by atoms with Gasteiger partial charge < -0.3 is 48.6 Å². The van der Waals surface area contributed by atoms with Crippen LogP contribution in [0.3, 0.4) is 0 Å². The minimum atomic E-state index is -3.76. The van der Waals surface area contributed by atoms with Gasteiger partial charge in [0.05, 0.1) is 50.2 Å². The summed E-state index contributed by atoms with van der Waals surface area (Å²) in [6, 6.07) is 11.3. The summed E-state index contributed by atoms with van der Waals surface area (Å²) >= 11 is 0. The molecule has 0 amide bonds. The molecule has 6 aromatic rings. The first-order valence-corrected chi connectivity index (χ1v) is 27.0. The van der Waals surface area contributed by atoms with E-state index in [2.05, 4.69) is 40.1 Å². The van der Waals surface area contributed by atoms with Crippen molar-refractivity contribution >= 4 is 60.9 Å². The Morgan fingerprint density at radius 1 is 0.583 bits per heavy atom. The predicted molar refractivity (Wildman–Crippen MR) is 275 cm³/mol. The average molecular weight is 1040 g/mol. The number of hydrogen-bond acceptors (Lipinski definition) is 18. The zero-order valence-corrected chi connectivity index (χ0v) is 45.4. The number of nitrogens with two attached hydrogens (primary N) is 2. The normalized spacial score (nSPS) is 14.6. The Balaban J connectivity index is 0.000000267. The number of para-hydroxylation sites is 2. The molecule has 0 aliphatic carbocycles. The van der Waals surface area contributed by atoms with Crippen molar-refractivity contribution in [3.8, 4) is 11.5 Å². The summed E-state index contributed by atoms with van der Waals surface area (Å²) < 4.78 is 66.7. The summed E-state index contributed by atoms with van der Waals surface area (Å²) in [5.41, 5.74) is 14.6. The van der Waals surface area contributed by atoms with Gasteiger partial charge in [-0.25, -0.2) is 40.1 Å². The quantitative estimate of drug-likeness (QED) is 0.0370. The van der Waals surface area contributed by atoms with Crippen molar-refractivity contribution in [2.45, 2.75) is 146 Å². The first-order valence-electron chi connectivity index (χ1n) is 23.4. The molecule has 1 unspecified atom stereocenters. The molecule has 0 spiro atoms. The summed E-state index contributed by atoms with van der Waals surface area (Å²) in [7, 11) is -7.51. The monoisotopic (exact) mass is 1040 g/mol. The highest BCUT2D eigenvalue weighted by atomic mass is 31.2. The third-order valence-electron chi connectivity index (χ3n) is 10.7. The van der Waals surface area contributed by atoms with E-state index in [-0.39, 0.29) is 24.9 Å². The van der Waals surface area contributed by atoms with Crippen LogP contribution in [-0.2, 0) is 50.8 Å². The Morgan fingerprint density at radius 2 is 0.917 bits per heavy atom. The molecule has 4 atom stereocenters. The molecular formula is C48H70N12O10P2. The highest BCUT2D eigenvalue weighted by molar-refractivity contribution is 7.57. The second-order valence-corrected chi connectivity index (χ2v) is 23.2. The lowest BCUT2D eigenvalue weighted by molar-refractivity contribution is -0.154. The maximum Gasteiger partial charge on any atom is 0.342 e. The molecule has 0 aliphatic rings. The summed E-state index contributed by atoms with van der Waals surface area (Å²) in [6.07, 6.45) is 3.92. The third kappa shape index (κ3) is 15.0. The van der Waals surface area contributed by atoms with Crippen molar-refractivity contribution in [2.75, 3.05) is 24.2 Å². The minimum absolute atomic E-state index is 0.288. The van der Waals surface area contributed by atoms with Crippen molar-refractivity contribution in [1.29, 1.82) is 0 Å². The van der Waals surface area contributed by atoms with Gasteiger partial charge in [0.2, 0.25) is 0 Å². The van der Waals surface area contributed by atoms with Gasteiger partial charge in [-0.3, -0.25) is 18.7 Å². The number of nitrogen functional groups attached to an aromatic ring is 2. The Bertz CT molecular complexity index is 2710. The van der Waals surface area contributed by atoms with E-state index in [1.807, 2.05) is 77.9 Å². The fourth-order valence-electron chi connectivity index (χ4n) is 7.18. The van der Waals surface area contributed by atoms with E-state index in [9.17, 15) is 18.7 Å². The zero-order chi connectivity index (χ0) is 53.3. The van der Waals surface area contributed by atoms with E-state index in [0.717, 1.165) is 22.3 Å². The van der Waals surface area contributed by atoms with Crippen molar-refractivity contribution < 1.29 is 46.7 Å². The van der Waals surface area contributed by atoms with Gasteiger partial charge in [0.1, 0.15) is 59.0 Å². The van der Waals surface area contributed by atoms with E-state index in [4.69, 9.17) is 39.5 Å². The van der Waals surface area contributed by atoms with Gasteiger partial charge in [-0.1, -0.05) is 36.4 Å². The fourth-order valence-corrected chi connectivity index (χ4v) is 11.5. The van der Waals surface area contributed by atoms with Crippen LogP contribution < -0.4 is 30.7 Å². The second kappa shape index (κ2) is 23.7. The number of rotatable bonds is 22. The lowest BCUT2D eigenvalue weighted by atomic mass is 10.1. The maximum absolute atomic E-state index is 14.1. The predicted octanol–water partition coefficient (Wildman–Crippen LogP) is 7.96. The number of aromatic nitrogens is 8. The molecule has 6 rings (SSSR count). The summed E-state index contributed by atoms with van der Waals surface area (Å²) in [6.45, 7) is 25.3. The number of nitrogens with one attached hydrogen (secondary N) is 2. The number of aryl methyl sites for hydroxylation is 4. The SMILES string of the molecule is Cc1cccc(C)c1OP(=O)(CO[C@H](C)Cn1cnc2c(N)ncnc21)NC(C)(C)C(=O)OC(C)C.Cc1cccc(C)c1O[P@@](=O)(CO[C@H](C)Cn1cnc2c(N)ncnc21)NC(C)(C)C(=O)OC(C)C. The average Bonchev–Trinajstić information content (AvgIpc) is 3.89. The number of esters is 2. The standard InChI is InChI=1S/2C24H35N6O5P/c2*1-15(2)34-23(31)24(6,7)29-36(32,35-20-16(3)9-8-10-17(20)4)14-33-18(5)11-30-13-28-19-21(25)26-12-27-22(19)30/h2*8-10,12-13,15,18H,11,14H2,1-7H3,(H,29,32)(H2,25,26,27)/t18-,36?;18-,36+/m11/s1. The van der Waals surface area contributed by atoms with Crippen LogP contribution in [0.15, 0.2) is 61.7 Å². The topological polar surface area (TPSA) is 287 Å². The van der Waals surface area contributed by atoms with Crippen LogP contribution in [0.1, 0.15) is 91.5 Å². The van der Waals surface area contributed by atoms with Crippen LogP contribution in [0.2, 0.25) is 0 Å². The maximum atomic E-state index is 14.1. The number of carbonyl (C=O) groups is 2. The number of benzene rings is 2. The van der Waals surface area contributed by atoms with E-state index in [1.165, 1.54) is 12.7 Å². The molecule has 24 heteroatoms. The van der Waals surface area contributed by atoms with Crippen molar-refractivity contribution in [2.24, 2.45) is 0 Å². The highest BCUT2D eigenvalue weighted by Crippen LogP contribution is 2.49. The van der Waals surface area contributed by atoms with Crippen LogP contribution in [0.5, 0.6) is 11.5 Å². The highest BCUT2D eigenvalue weighted by Gasteiger charge is 2.42. The van der Waals surface area contributed by atoms with Gasteiger partial charge in [0, 0.05) is 0 Å². The number of ether oxygens (including phenoxy) is 4. The summed E-state index contributed by atoms with van der Waals surface area (Å²) in [4.78, 5) is 50.3. The number of fused-ring (bicyclic) bond motifs is 2. The van der Waals surface area contributed by atoms with Gasteiger partial charge >= 0.3 is 27.0 Å². The van der Waals surface area contributed by atoms with Crippen LogP contribution in [0.4, 0.5) is 11.6 Å². The molecule has 4 aromatic heterocycles. The lowest BCUT2D eigenvalue weighted by Crippen LogP contribution is -2.48. The number of hydrogen-bond donors (Lipinski definition) is 4. The molecule has 0 radical (unpaired) electrons. The molecule has 0 fully saturated rings. The molecule has 0 aliphatic heterocycles. The molecule has 72 heavy (non-hydrogen) atoms. The Labute approximate surface area is 420 Å². The Morgan fingerprint density at radius 3 is 1.24 bits per heavy atom. The van der Waals surface area contributed by atoms with Crippen LogP contribution in [0, 0.1) is 27.7 Å². The number of imidazole rings is 2. The van der Waals surface area contributed by atoms with Crippen LogP contribution in [-0.4, -0.2) is 99.2 Å². The second-order valence-electron chi connectivity index (χ2n) is 19.2.